The number of sulfonamides is 1. The maximum Gasteiger partial charge on any atom is 0.353 e. The first kappa shape index (κ1) is 46.2. The number of benzene rings is 3. The van der Waals surface area contributed by atoms with Gasteiger partial charge in [-0.2, -0.15) is 8.42 Å². The summed E-state index contributed by atoms with van der Waals surface area (Å²) in [6.45, 7) is 0. The first-order valence-corrected chi connectivity index (χ1v) is 19.9. The number of anilines is 2. The summed E-state index contributed by atoms with van der Waals surface area (Å²) < 4.78 is 126. The van der Waals surface area contributed by atoms with Crippen molar-refractivity contribution >= 4 is 61.1 Å². The second-order valence-corrected chi connectivity index (χ2v) is 15.4. The molecule has 0 saturated heterocycles. The normalized spacial score (nSPS) is 10.5. The minimum Gasteiger partial charge on any atom is -0.497 e. The van der Waals surface area contributed by atoms with E-state index in [1.807, 2.05) is 0 Å². The number of methoxy groups -OCH3 is 3. The lowest BCUT2D eigenvalue weighted by Gasteiger charge is -2.11. The number of ether oxygens (including phenoxy) is 3. The molecule has 2 aromatic heterocycles. The van der Waals surface area contributed by atoms with Gasteiger partial charge in [-0.15, -0.1) is 0 Å². The summed E-state index contributed by atoms with van der Waals surface area (Å²) in [5, 5.41) is 0. The lowest BCUT2D eigenvalue weighted by atomic mass is 10.3. The highest BCUT2D eigenvalue weighted by Gasteiger charge is 2.20. The van der Waals surface area contributed by atoms with Crippen LogP contribution in [-0.4, -0.2) is 61.1 Å². The number of nitrogens with zero attached hydrogens (tertiary/aromatic N) is 2. The summed E-state index contributed by atoms with van der Waals surface area (Å²) in [6.07, 6.45) is 6.17. The van der Waals surface area contributed by atoms with Crippen LogP contribution in [0.2, 0.25) is 0 Å². The summed E-state index contributed by atoms with van der Waals surface area (Å²) in [4.78, 5) is 6.92. The molecule has 0 atom stereocenters. The van der Waals surface area contributed by atoms with Gasteiger partial charge in [0, 0.05) is 40.0 Å². The lowest BCUT2D eigenvalue weighted by molar-refractivity contribution is 0.401. The van der Waals surface area contributed by atoms with E-state index in [1.165, 1.54) is 56.9 Å². The number of nitrogens with two attached hydrogens (primary N) is 1. The van der Waals surface area contributed by atoms with E-state index < -0.39 is 40.0 Å². The van der Waals surface area contributed by atoms with Crippen molar-refractivity contribution in [1.82, 2.24) is 9.97 Å². The van der Waals surface area contributed by atoms with Gasteiger partial charge in [0.2, 0.25) is 0 Å². The number of nitrogen functional groups attached to an aromatic ring is 1. The zero-order valence-electron chi connectivity index (χ0n) is 27.6. The second kappa shape index (κ2) is 22.3. The third kappa shape index (κ3) is 19.5. The molecule has 53 heavy (non-hydrogen) atoms. The van der Waals surface area contributed by atoms with Crippen molar-refractivity contribution in [3.8, 4) is 17.2 Å². The highest BCUT2D eigenvalue weighted by molar-refractivity contribution is 8.13. The van der Waals surface area contributed by atoms with Gasteiger partial charge < -0.3 is 19.9 Å². The Kier molecular flexibility index (Phi) is 19.4. The van der Waals surface area contributed by atoms with Crippen LogP contribution in [-0.2, 0) is 28.4 Å². The molecule has 3 aromatic carbocycles. The van der Waals surface area contributed by atoms with Gasteiger partial charge in [0.15, 0.2) is 0 Å². The monoisotopic (exact) mass is 842 g/mol. The zero-order valence-corrected chi connectivity index (χ0v) is 31.6. The van der Waals surface area contributed by atoms with E-state index in [2.05, 4.69) is 25.4 Å². The number of halogens is 5. The molecule has 288 valence electrons. The molecule has 0 aliphatic carbocycles. The molecular formula is C31H31Cl2F3N4O10S3. The van der Waals surface area contributed by atoms with Crippen LogP contribution in [0.4, 0.5) is 24.5 Å². The van der Waals surface area contributed by atoms with Crippen LogP contribution in [0.25, 0.3) is 0 Å². The van der Waals surface area contributed by atoms with E-state index in [9.17, 15) is 30.0 Å². The number of hydrogen-bond acceptors (Lipinski definition) is 12. The van der Waals surface area contributed by atoms with Crippen molar-refractivity contribution in [3.63, 3.8) is 0 Å². The topological polar surface area (TPSA) is 214 Å². The molecule has 22 heteroatoms. The smallest absolute Gasteiger partial charge is 0.353 e. The van der Waals surface area contributed by atoms with E-state index in [4.69, 9.17) is 43.6 Å². The standard InChI is InChI=1S/C12H11FN2O3S.C7H6ClFO3S.C7H7FO.C5H6N2.ClHO3S/c1-18-11-5-4-9(13)7-12(11)19(16,17)15-10-3-2-6-14-8-10;1-12-6-3-2-5(9)4-7(6)13(8,10)11;1-9-7-4-2-6(8)3-5-7;6-5-2-1-3-7-4-5;1-5(2,3)4/h2-8,15H,1H3;2-4H,1H3;2-5H,1H3;1-4H,6H2;(H,2,3,4). The van der Waals surface area contributed by atoms with Crippen molar-refractivity contribution in [1.29, 1.82) is 0 Å². The molecule has 5 rings (SSSR count). The molecule has 0 spiro atoms. The van der Waals surface area contributed by atoms with Crippen molar-refractivity contribution < 1.29 is 57.2 Å². The fraction of sp³-hybridized carbons (Fsp3) is 0.0968. The molecule has 5 aromatic rings. The Balaban J connectivity index is 0.000000359. The van der Waals surface area contributed by atoms with E-state index in [0.717, 1.165) is 24.3 Å². The van der Waals surface area contributed by atoms with Crippen LogP contribution < -0.4 is 24.7 Å². The Morgan fingerprint density at radius 1 is 0.660 bits per heavy atom. The maximum atomic E-state index is 13.2. The number of pyridine rings is 2. The van der Waals surface area contributed by atoms with E-state index in [1.54, 1.807) is 49.8 Å². The predicted octanol–water partition coefficient (Wildman–Crippen LogP) is 6.32. The third-order valence-corrected chi connectivity index (χ3v) is 8.20. The lowest BCUT2D eigenvalue weighted by Crippen LogP contribution is -2.14. The summed E-state index contributed by atoms with van der Waals surface area (Å²) in [5.74, 6) is -0.811. The molecular weight excluding hydrogens is 812 g/mol. The van der Waals surface area contributed by atoms with E-state index in [-0.39, 0.29) is 32.8 Å². The molecule has 0 amide bonds. The molecule has 4 N–H and O–H groups in total. The minimum absolute atomic E-state index is 0.0244. The van der Waals surface area contributed by atoms with Crippen molar-refractivity contribution in [3.05, 3.63) is 127 Å². The Bertz CT molecular complexity index is 2190. The Morgan fingerprint density at radius 2 is 1.11 bits per heavy atom. The third-order valence-electron chi connectivity index (χ3n) is 5.45. The van der Waals surface area contributed by atoms with Crippen LogP contribution in [0.1, 0.15) is 0 Å². The van der Waals surface area contributed by atoms with E-state index in [0.29, 0.717) is 11.4 Å². The summed E-state index contributed by atoms with van der Waals surface area (Å²) in [6, 6.07) is 19.0. The molecule has 0 fully saturated rings. The van der Waals surface area contributed by atoms with Gasteiger partial charge in [-0.25, -0.2) is 30.0 Å². The highest BCUT2D eigenvalue weighted by atomic mass is 35.7. The van der Waals surface area contributed by atoms with Gasteiger partial charge in [-0.3, -0.25) is 19.2 Å². The number of hydrogen-bond donors (Lipinski definition) is 3. The van der Waals surface area contributed by atoms with Gasteiger partial charge in [0.25, 0.3) is 19.1 Å². The van der Waals surface area contributed by atoms with Gasteiger partial charge >= 0.3 is 9.33 Å². The number of aromatic nitrogens is 2. The molecule has 0 unspecified atom stereocenters. The van der Waals surface area contributed by atoms with Gasteiger partial charge in [0.05, 0.1) is 38.9 Å². The van der Waals surface area contributed by atoms with Gasteiger partial charge in [0.1, 0.15) is 44.5 Å². The SMILES string of the molecule is COc1ccc(F)cc1.COc1ccc(F)cc1S(=O)(=O)Cl.COc1ccc(F)cc1S(=O)(=O)Nc1cccnc1.Nc1cccnc1.O=S(=O)(O)Cl. The molecule has 0 saturated carbocycles. The molecule has 0 radical (unpaired) electrons. The molecule has 0 bridgehead atoms. The summed E-state index contributed by atoms with van der Waals surface area (Å²) >= 11 is 0. The zero-order chi connectivity index (χ0) is 40.2. The maximum absolute atomic E-state index is 13.2. The predicted molar refractivity (Wildman–Crippen MR) is 193 cm³/mol. The minimum atomic E-state index is -4.19. The first-order chi connectivity index (χ1) is 24.7. The Morgan fingerprint density at radius 3 is 1.49 bits per heavy atom. The van der Waals surface area contributed by atoms with Gasteiger partial charge in [-0.05, 0) is 84.9 Å². The molecule has 14 nitrogen and oxygen atoms in total. The number of rotatable bonds is 7. The fourth-order valence-corrected chi connectivity index (χ4v) is 5.51. The van der Waals surface area contributed by atoms with Crippen molar-refractivity contribution in [2.24, 2.45) is 0 Å². The highest BCUT2D eigenvalue weighted by Crippen LogP contribution is 2.27. The Hall–Kier alpha value is -4.86. The molecule has 2 heterocycles. The van der Waals surface area contributed by atoms with Crippen LogP contribution in [0.3, 0.4) is 0 Å². The van der Waals surface area contributed by atoms with Crippen LogP contribution >= 0.6 is 21.4 Å². The largest absolute Gasteiger partial charge is 0.497 e. The fourth-order valence-electron chi connectivity index (χ4n) is 3.28. The summed E-state index contributed by atoms with van der Waals surface area (Å²) in [7, 11) is 1.15. The van der Waals surface area contributed by atoms with Crippen LogP contribution in [0, 0.1) is 17.5 Å². The summed E-state index contributed by atoms with van der Waals surface area (Å²) in [5.41, 5.74) is 6.29. The Labute approximate surface area is 313 Å². The van der Waals surface area contributed by atoms with Crippen molar-refractivity contribution in [2.45, 2.75) is 9.79 Å². The quantitative estimate of drug-likeness (QED) is 0.121. The first-order valence-electron chi connectivity index (χ1n) is 13.9. The average molecular weight is 844 g/mol. The average Bonchev–Trinajstić information content (AvgIpc) is 3.09. The van der Waals surface area contributed by atoms with Crippen LogP contribution in [0.15, 0.2) is 120 Å². The van der Waals surface area contributed by atoms with Gasteiger partial charge in [-0.1, -0.05) is 0 Å². The van der Waals surface area contributed by atoms with Crippen molar-refractivity contribution in [2.75, 3.05) is 31.8 Å². The number of nitrogens with one attached hydrogen (secondary N) is 1. The molecule has 0 aliphatic heterocycles. The van der Waals surface area contributed by atoms with E-state index >= 15 is 0 Å². The molecule has 0 aliphatic rings. The second-order valence-electron chi connectivity index (χ2n) is 9.23. The van der Waals surface area contributed by atoms with Crippen LogP contribution in [0.5, 0.6) is 17.2 Å².